The van der Waals surface area contributed by atoms with E-state index in [0.717, 1.165) is 89.9 Å². The summed E-state index contributed by atoms with van der Waals surface area (Å²) >= 11 is 0. The lowest BCUT2D eigenvalue weighted by Gasteiger charge is -2.15. The maximum atomic E-state index is 12.3. The second kappa shape index (κ2) is 53.9. The third-order valence-corrected chi connectivity index (χ3v) is 12.1. The first-order valence-corrected chi connectivity index (χ1v) is 27.3. The van der Waals surface area contributed by atoms with Gasteiger partial charge in [-0.05, 0) is 57.8 Å². The van der Waals surface area contributed by atoms with Crippen molar-refractivity contribution in [2.24, 2.45) is 0 Å². The zero-order valence-corrected chi connectivity index (χ0v) is 41.8. The van der Waals surface area contributed by atoms with E-state index >= 15 is 0 Å². The number of hydrogen-bond acceptors (Lipinski definition) is 5. The van der Waals surface area contributed by atoms with Crippen molar-refractivity contribution < 1.29 is 24.2 Å². The summed E-state index contributed by atoms with van der Waals surface area (Å²) in [5.41, 5.74) is 0. The highest BCUT2D eigenvalue weighted by molar-refractivity contribution is 5.70. The molecule has 0 aliphatic heterocycles. The van der Waals surface area contributed by atoms with E-state index in [1.165, 1.54) is 161 Å². The number of carbonyl (C=O) groups is 2. The molecule has 0 rings (SSSR count). The average molecular weight is 881 g/mol. The van der Waals surface area contributed by atoms with Crippen LogP contribution in [0.15, 0.2) is 60.8 Å². The van der Waals surface area contributed by atoms with E-state index in [2.05, 4.69) is 74.6 Å². The summed E-state index contributed by atoms with van der Waals surface area (Å²) < 4.78 is 10.7. The Morgan fingerprint density at radius 1 is 0.381 bits per heavy atom. The van der Waals surface area contributed by atoms with Crippen LogP contribution in [0.5, 0.6) is 0 Å². The van der Waals surface area contributed by atoms with E-state index in [0.29, 0.717) is 12.8 Å². The van der Waals surface area contributed by atoms with Crippen LogP contribution in [0, 0.1) is 0 Å². The van der Waals surface area contributed by atoms with Gasteiger partial charge in [0.15, 0.2) is 6.10 Å². The van der Waals surface area contributed by atoms with Gasteiger partial charge in [0.2, 0.25) is 0 Å². The van der Waals surface area contributed by atoms with Gasteiger partial charge < -0.3 is 14.6 Å². The Kier molecular flexibility index (Phi) is 51.9. The molecule has 366 valence electrons. The van der Waals surface area contributed by atoms with E-state index < -0.39 is 6.10 Å². The van der Waals surface area contributed by atoms with E-state index in [9.17, 15) is 14.7 Å². The van der Waals surface area contributed by atoms with Crippen molar-refractivity contribution in [3.63, 3.8) is 0 Å². The molecule has 0 aliphatic rings. The van der Waals surface area contributed by atoms with Crippen molar-refractivity contribution in [3.8, 4) is 0 Å². The molecule has 5 heteroatoms. The molecule has 0 aromatic rings. The normalized spacial score (nSPS) is 12.6. The van der Waals surface area contributed by atoms with Crippen LogP contribution >= 0.6 is 0 Å². The lowest BCUT2D eigenvalue weighted by Crippen LogP contribution is -2.28. The molecular weight excluding hydrogens is 777 g/mol. The lowest BCUT2D eigenvalue weighted by atomic mass is 10.0. The van der Waals surface area contributed by atoms with E-state index in [4.69, 9.17) is 9.47 Å². The summed E-state index contributed by atoms with van der Waals surface area (Å²) in [5.74, 6) is -0.603. The van der Waals surface area contributed by atoms with E-state index in [1.807, 2.05) is 0 Å². The van der Waals surface area contributed by atoms with Gasteiger partial charge in [-0.25, -0.2) is 0 Å². The number of hydrogen-bond donors (Lipinski definition) is 1. The fourth-order valence-corrected chi connectivity index (χ4v) is 8.00. The molecule has 5 nitrogen and oxygen atoms in total. The summed E-state index contributed by atoms with van der Waals surface area (Å²) in [6.07, 6.45) is 71.9. The molecule has 0 saturated heterocycles. The molecule has 0 spiro atoms. The Morgan fingerprint density at radius 2 is 0.683 bits per heavy atom. The summed E-state index contributed by atoms with van der Waals surface area (Å²) in [6, 6.07) is 0. The van der Waals surface area contributed by atoms with Gasteiger partial charge in [-0.1, -0.05) is 267 Å². The molecule has 1 atom stereocenters. The highest BCUT2D eigenvalue weighted by atomic mass is 16.6. The van der Waals surface area contributed by atoms with Crippen molar-refractivity contribution in [2.45, 2.75) is 283 Å². The first-order valence-electron chi connectivity index (χ1n) is 27.3. The second-order valence-electron chi connectivity index (χ2n) is 18.3. The third kappa shape index (κ3) is 52.1. The monoisotopic (exact) mass is 881 g/mol. The molecule has 0 amide bonds. The Balaban J connectivity index is 3.48. The number of carbonyl (C=O) groups excluding carboxylic acids is 2. The standard InChI is InChI=1S/C58H104O5/c1-3-5-7-9-11-13-15-17-19-21-23-25-26-27-28-29-30-31-33-34-36-38-40-42-44-46-48-50-52-57(60)62-55-56(54-59)63-58(61)53-51-49-47-45-43-41-39-37-35-32-24-22-20-18-16-14-12-10-8-6-4-2/h6,8,12,14,18,20,24,32,37,39,56,59H,3-5,7,9-11,13,15-17,19,21-23,25-31,33-36,38,40-55H2,1-2H3/b8-6-,14-12-,20-18-,32-24-,39-37-. The highest BCUT2D eigenvalue weighted by Gasteiger charge is 2.16. The van der Waals surface area contributed by atoms with Crippen molar-refractivity contribution >= 4 is 11.9 Å². The fraction of sp³-hybridized carbons (Fsp3) is 0.793. The van der Waals surface area contributed by atoms with E-state index in [1.54, 1.807) is 0 Å². The Labute approximate surface area is 391 Å². The summed E-state index contributed by atoms with van der Waals surface area (Å²) in [7, 11) is 0. The van der Waals surface area contributed by atoms with Crippen molar-refractivity contribution in [3.05, 3.63) is 60.8 Å². The largest absolute Gasteiger partial charge is 0.462 e. The van der Waals surface area contributed by atoms with Crippen LogP contribution in [0.4, 0.5) is 0 Å². The molecule has 0 saturated carbocycles. The zero-order valence-electron chi connectivity index (χ0n) is 41.8. The smallest absolute Gasteiger partial charge is 0.306 e. The molecule has 0 radical (unpaired) electrons. The maximum absolute atomic E-state index is 12.3. The van der Waals surface area contributed by atoms with Gasteiger partial charge in [0.1, 0.15) is 6.61 Å². The highest BCUT2D eigenvalue weighted by Crippen LogP contribution is 2.17. The molecule has 0 aromatic heterocycles. The van der Waals surface area contributed by atoms with Crippen molar-refractivity contribution in [2.75, 3.05) is 13.2 Å². The molecule has 0 aliphatic carbocycles. The SMILES string of the molecule is CC/C=C\C/C=C\C/C=C\C/C=C\C/C=C\CCCCCCCC(=O)OC(CO)COC(=O)CCCCCCCCCCCCCCCCCCCCCCCCCCCCCC. The Morgan fingerprint density at radius 3 is 1.03 bits per heavy atom. The average Bonchev–Trinajstić information content (AvgIpc) is 3.29. The maximum Gasteiger partial charge on any atom is 0.306 e. The van der Waals surface area contributed by atoms with Gasteiger partial charge in [-0.2, -0.15) is 0 Å². The molecule has 63 heavy (non-hydrogen) atoms. The number of rotatable bonds is 50. The first-order chi connectivity index (χ1) is 31.1. The fourth-order valence-electron chi connectivity index (χ4n) is 8.00. The van der Waals surface area contributed by atoms with Gasteiger partial charge >= 0.3 is 11.9 Å². The quantitative estimate of drug-likeness (QED) is 0.0374. The number of allylic oxidation sites excluding steroid dienone is 10. The van der Waals surface area contributed by atoms with Gasteiger partial charge in [-0.15, -0.1) is 0 Å². The molecular formula is C58H104O5. The molecule has 0 fully saturated rings. The minimum Gasteiger partial charge on any atom is -0.462 e. The Hall–Kier alpha value is -2.40. The summed E-state index contributed by atoms with van der Waals surface area (Å²) in [6.45, 7) is 4.04. The van der Waals surface area contributed by atoms with Crippen LogP contribution in [-0.4, -0.2) is 36.4 Å². The zero-order chi connectivity index (χ0) is 45.6. The van der Waals surface area contributed by atoms with Crippen molar-refractivity contribution in [1.82, 2.24) is 0 Å². The number of ether oxygens (including phenoxy) is 2. The predicted molar refractivity (Wildman–Crippen MR) is 274 cm³/mol. The molecule has 0 bridgehead atoms. The minimum atomic E-state index is -0.784. The van der Waals surface area contributed by atoms with Crippen LogP contribution in [0.1, 0.15) is 277 Å². The number of esters is 2. The lowest BCUT2D eigenvalue weighted by molar-refractivity contribution is -0.161. The van der Waals surface area contributed by atoms with Crippen LogP contribution in [0.25, 0.3) is 0 Å². The molecule has 0 aromatic carbocycles. The number of unbranched alkanes of at least 4 members (excludes halogenated alkanes) is 32. The van der Waals surface area contributed by atoms with Crippen LogP contribution in [-0.2, 0) is 19.1 Å². The first kappa shape index (κ1) is 60.6. The van der Waals surface area contributed by atoms with Crippen LogP contribution in [0.3, 0.4) is 0 Å². The molecule has 1 N–H and O–H groups in total. The van der Waals surface area contributed by atoms with Gasteiger partial charge in [0.05, 0.1) is 6.61 Å². The van der Waals surface area contributed by atoms with Crippen LogP contribution < -0.4 is 0 Å². The Bertz CT molecular complexity index is 1090. The minimum absolute atomic E-state index is 0.0730. The van der Waals surface area contributed by atoms with Gasteiger partial charge in [0.25, 0.3) is 0 Å². The topological polar surface area (TPSA) is 72.8 Å². The van der Waals surface area contributed by atoms with Crippen LogP contribution in [0.2, 0.25) is 0 Å². The number of aliphatic hydroxyl groups is 1. The summed E-state index contributed by atoms with van der Waals surface area (Å²) in [4.78, 5) is 24.5. The van der Waals surface area contributed by atoms with Gasteiger partial charge in [-0.3, -0.25) is 9.59 Å². The predicted octanol–water partition coefficient (Wildman–Crippen LogP) is 18.2. The number of aliphatic hydroxyl groups excluding tert-OH is 1. The molecule has 1 unspecified atom stereocenters. The van der Waals surface area contributed by atoms with Crippen molar-refractivity contribution in [1.29, 1.82) is 0 Å². The van der Waals surface area contributed by atoms with E-state index in [-0.39, 0.29) is 25.2 Å². The summed E-state index contributed by atoms with van der Waals surface area (Å²) in [5, 5.41) is 9.64. The van der Waals surface area contributed by atoms with Gasteiger partial charge in [0, 0.05) is 12.8 Å². The third-order valence-electron chi connectivity index (χ3n) is 12.1. The second-order valence-corrected chi connectivity index (χ2v) is 18.3. The molecule has 0 heterocycles.